The Bertz CT molecular complexity index is 1380. The van der Waals surface area contributed by atoms with E-state index in [1.807, 2.05) is 81.4 Å². The number of hydrogen-bond acceptors (Lipinski definition) is 6. The van der Waals surface area contributed by atoms with Crippen molar-refractivity contribution in [3.63, 3.8) is 0 Å². The summed E-state index contributed by atoms with van der Waals surface area (Å²) in [6.07, 6.45) is 1.74. The molecule has 8 heteroatoms. The van der Waals surface area contributed by atoms with Crippen LogP contribution in [0.2, 0.25) is 0 Å². The average molecular weight is 516 g/mol. The monoisotopic (exact) mass is 515 g/mol. The summed E-state index contributed by atoms with van der Waals surface area (Å²) in [7, 11) is 3.17. The number of thioether (sulfide) groups is 1. The zero-order valence-corrected chi connectivity index (χ0v) is 22.3. The number of amides is 2. The van der Waals surface area contributed by atoms with Crippen LogP contribution in [-0.4, -0.2) is 37.0 Å². The Morgan fingerprint density at radius 3 is 2.30 bits per heavy atom. The molecular weight excluding hydrogens is 486 g/mol. The van der Waals surface area contributed by atoms with E-state index in [9.17, 15) is 9.59 Å². The molecule has 0 aromatic heterocycles. The summed E-state index contributed by atoms with van der Waals surface area (Å²) >= 11 is 1.21. The van der Waals surface area contributed by atoms with Gasteiger partial charge in [0.15, 0.2) is 5.17 Å². The third kappa shape index (κ3) is 6.21. The summed E-state index contributed by atoms with van der Waals surface area (Å²) in [4.78, 5) is 32.6. The number of aliphatic imine (C=N–C) groups is 1. The first kappa shape index (κ1) is 26.0. The standard InChI is InChI=1S/C29H29N3O4S/c1-18-6-11-26(36-5)24(15-18)30-27(33)17-37-29-31-25(16-21-7-9-23(35-4)10-8-21)28(34)32(29)22-13-19(2)12-20(3)14-22/h6-16H,17H2,1-5H3,(H,30,33)/b25-16-. The molecule has 7 nitrogen and oxygen atoms in total. The summed E-state index contributed by atoms with van der Waals surface area (Å²) in [6.45, 7) is 5.91. The lowest BCUT2D eigenvalue weighted by atomic mass is 10.1. The lowest BCUT2D eigenvalue weighted by Gasteiger charge is -2.19. The highest BCUT2D eigenvalue weighted by atomic mass is 32.2. The van der Waals surface area contributed by atoms with Crippen LogP contribution in [0.25, 0.3) is 6.08 Å². The molecule has 0 saturated carbocycles. The first-order chi connectivity index (χ1) is 17.8. The van der Waals surface area contributed by atoms with Crippen molar-refractivity contribution in [2.45, 2.75) is 20.8 Å². The van der Waals surface area contributed by atoms with Crippen molar-refractivity contribution in [3.05, 3.63) is 88.6 Å². The molecular formula is C29H29N3O4S. The maximum Gasteiger partial charge on any atom is 0.283 e. The number of nitrogens with one attached hydrogen (secondary N) is 1. The third-order valence-corrected chi connectivity index (χ3v) is 6.61. The fourth-order valence-corrected chi connectivity index (χ4v) is 4.81. The molecule has 0 bridgehead atoms. The molecule has 0 atom stereocenters. The molecule has 1 heterocycles. The smallest absolute Gasteiger partial charge is 0.283 e. The van der Waals surface area contributed by atoms with Gasteiger partial charge in [0.25, 0.3) is 5.91 Å². The first-order valence-corrected chi connectivity index (χ1v) is 12.7. The van der Waals surface area contributed by atoms with E-state index in [0.717, 1.165) is 28.0 Å². The molecule has 0 saturated heterocycles. The number of anilines is 2. The van der Waals surface area contributed by atoms with Gasteiger partial charge in [-0.2, -0.15) is 0 Å². The highest BCUT2D eigenvalue weighted by Gasteiger charge is 2.32. The van der Waals surface area contributed by atoms with Gasteiger partial charge in [-0.15, -0.1) is 0 Å². The van der Waals surface area contributed by atoms with Crippen LogP contribution < -0.4 is 19.7 Å². The summed E-state index contributed by atoms with van der Waals surface area (Å²) in [5.74, 6) is 0.910. The van der Waals surface area contributed by atoms with Crippen molar-refractivity contribution in [1.82, 2.24) is 0 Å². The number of rotatable bonds is 7. The Balaban J connectivity index is 1.60. The van der Waals surface area contributed by atoms with Gasteiger partial charge in [0.1, 0.15) is 17.2 Å². The van der Waals surface area contributed by atoms with E-state index in [1.165, 1.54) is 11.8 Å². The minimum absolute atomic E-state index is 0.0698. The van der Waals surface area contributed by atoms with Gasteiger partial charge in [-0.3, -0.25) is 14.5 Å². The molecule has 0 fully saturated rings. The van der Waals surface area contributed by atoms with Crippen LogP contribution in [0.4, 0.5) is 11.4 Å². The lowest BCUT2D eigenvalue weighted by molar-refractivity contribution is -0.114. The second-order valence-electron chi connectivity index (χ2n) is 8.72. The largest absolute Gasteiger partial charge is 0.497 e. The van der Waals surface area contributed by atoms with Crippen LogP contribution in [0.5, 0.6) is 11.5 Å². The second-order valence-corrected chi connectivity index (χ2v) is 9.67. The average Bonchev–Trinajstić information content (AvgIpc) is 3.17. The van der Waals surface area contributed by atoms with Crippen LogP contribution in [0, 0.1) is 20.8 Å². The molecule has 2 amide bonds. The molecule has 3 aromatic carbocycles. The van der Waals surface area contributed by atoms with Gasteiger partial charge in [-0.1, -0.05) is 36.0 Å². The number of nitrogens with zero attached hydrogens (tertiary/aromatic N) is 2. The Labute approximate surface area is 221 Å². The van der Waals surface area contributed by atoms with Gasteiger partial charge in [0, 0.05) is 0 Å². The Morgan fingerprint density at radius 2 is 1.65 bits per heavy atom. The predicted molar refractivity (Wildman–Crippen MR) is 151 cm³/mol. The van der Waals surface area contributed by atoms with Crippen LogP contribution >= 0.6 is 11.8 Å². The number of benzene rings is 3. The zero-order valence-electron chi connectivity index (χ0n) is 21.5. The van der Waals surface area contributed by atoms with E-state index in [-0.39, 0.29) is 17.6 Å². The normalized spacial score (nSPS) is 14.1. The maximum absolute atomic E-state index is 13.5. The number of amidine groups is 1. The fraction of sp³-hybridized carbons (Fsp3) is 0.207. The van der Waals surface area contributed by atoms with Gasteiger partial charge < -0.3 is 14.8 Å². The van der Waals surface area contributed by atoms with Crippen LogP contribution in [0.1, 0.15) is 22.3 Å². The van der Waals surface area contributed by atoms with Crippen molar-refractivity contribution < 1.29 is 19.1 Å². The predicted octanol–water partition coefficient (Wildman–Crippen LogP) is 5.74. The lowest BCUT2D eigenvalue weighted by Crippen LogP contribution is -2.31. The van der Waals surface area contributed by atoms with Crippen molar-refractivity contribution in [2.75, 3.05) is 30.2 Å². The summed E-state index contributed by atoms with van der Waals surface area (Å²) in [5, 5.41) is 3.35. The Kier molecular flexibility index (Phi) is 7.98. The molecule has 190 valence electrons. The molecule has 0 radical (unpaired) electrons. The molecule has 1 aliphatic rings. The third-order valence-electron chi connectivity index (χ3n) is 5.67. The van der Waals surface area contributed by atoms with E-state index < -0.39 is 0 Å². The van der Waals surface area contributed by atoms with Crippen molar-refractivity contribution in [1.29, 1.82) is 0 Å². The summed E-state index contributed by atoms with van der Waals surface area (Å²) < 4.78 is 10.6. The van der Waals surface area contributed by atoms with Gasteiger partial charge >= 0.3 is 0 Å². The maximum atomic E-state index is 13.5. The van der Waals surface area contributed by atoms with E-state index in [0.29, 0.717) is 28.0 Å². The zero-order chi connectivity index (χ0) is 26.5. The highest BCUT2D eigenvalue weighted by molar-refractivity contribution is 8.14. The Morgan fingerprint density at radius 1 is 0.946 bits per heavy atom. The number of aryl methyl sites for hydroxylation is 3. The van der Waals surface area contributed by atoms with E-state index in [4.69, 9.17) is 9.47 Å². The molecule has 1 N–H and O–H groups in total. The van der Waals surface area contributed by atoms with Crippen LogP contribution in [0.15, 0.2) is 71.4 Å². The van der Waals surface area contributed by atoms with E-state index >= 15 is 0 Å². The summed E-state index contributed by atoms with van der Waals surface area (Å²) in [6, 6.07) is 18.9. The number of ether oxygens (including phenoxy) is 2. The minimum Gasteiger partial charge on any atom is -0.497 e. The quantitative estimate of drug-likeness (QED) is 0.406. The van der Waals surface area contributed by atoms with Gasteiger partial charge in [0.05, 0.1) is 31.3 Å². The van der Waals surface area contributed by atoms with Gasteiger partial charge in [-0.05, 0) is 85.5 Å². The van der Waals surface area contributed by atoms with E-state index in [1.54, 1.807) is 25.2 Å². The van der Waals surface area contributed by atoms with Crippen molar-refractivity contribution in [3.8, 4) is 11.5 Å². The minimum atomic E-state index is -0.246. The van der Waals surface area contributed by atoms with Crippen molar-refractivity contribution >= 4 is 46.2 Å². The van der Waals surface area contributed by atoms with Crippen molar-refractivity contribution in [2.24, 2.45) is 4.99 Å². The molecule has 3 aromatic rings. The molecule has 0 aliphatic carbocycles. The van der Waals surface area contributed by atoms with Crippen LogP contribution in [-0.2, 0) is 9.59 Å². The highest BCUT2D eigenvalue weighted by Crippen LogP contribution is 2.31. The number of carbonyl (C=O) groups is 2. The summed E-state index contributed by atoms with van der Waals surface area (Å²) in [5.41, 5.74) is 5.50. The SMILES string of the molecule is COc1ccc(/C=C2\N=C(SCC(=O)Nc3cc(C)ccc3OC)N(c3cc(C)cc(C)c3)C2=O)cc1. The van der Waals surface area contributed by atoms with Gasteiger partial charge in [-0.25, -0.2) is 4.99 Å². The number of methoxy groups -OCH3 is 2. The molecule has 0 spiro atoms. The molecule has 1 aliphatic heterocycles. The van der Waals surface area contributed by atoms with Crippen LogP contribution in [0.3, 0.4) is 0 Å². The Hall–Kier alpha value is -4.04. The molecule has 4 rings (SSSR count). The number of carbonyl (C=O) groups excluding carboxylic acids is 2. The number of hydrogen-bond donors (Lipinski definition) is 1. The topological polar surface area (TPSA) is 80.2 Å². The second kappa shape index (κ2) is 11.3. The fourth-order valence-electron chi connectivity index (χ4n) is 3.99. The first-order valence-electron chi connectivity index (χ1n) is 11.7. The van der Waals surface area contributed by atoms with Gasteiger partial charge in [0.2, 0.25) is 5.91 Å². The molecule has 37 heavy (non-hydrogen) atoms. The molecule has 0 unspecified atom stereocenters. The van der Waals surface area contributed by atoms with E-state index in [2.05, 4.69) is 10.3 Å².